The summed E-state index contributed by atoms with van der Waals surface area (Å²) in [5, 5.41) is 11.6. The van der Waals surface area contributed by atoms with Gasteiger partial charge in [-0.3, -0.25) is 4.57 Å². The van der Waals surface area contributed by atoms with E-state index in [-0.39, 0.29) is 6.10 Å². The fourth-order valence-electron chi connectivity index (χ4n) is 4.07. The van der Waals surface area contributed by atoms with E-state index in [0.717, 1.165) is 66.7 Å². The molecule has 2 aliphatic rings. The van der Waals surface area contributed by atoms with Crippen molar-refractivity contribution in [3.05, 3.63) is 41.0 Å². The minimum absolute atomic E-state index is 0.248. The van der Waals surface area contributed by atoms with Crippen LogP contribution < -0.4 is 4.90 Å². The number of rotatable bonds is 6. The third kappa shape index (κ3) is 4.09. The first-order valence-electron chi connectivity index (χ1n) is 10.2. The number of para-hydroxylation sites is 1. The minimum Gasteiger partial charge on any atom is -0.376 e. The Morgan fingerprint density at radius 3 is 2.83 bits per heavy atom. The molecule has 2 saturated heterocycles. The molecule has 8 heteroatoms. The van der Waals surface area contributed by atoms with Crippen LogP contribution in [0, 0.1) is 0 Å². The van der Waals surface area contributed by atoms with Gasteiger partial charge in [-0.05, 0) is 37.8 Å². The van der Waals surface area contributed by atoms with Crippen LogP contribution in [0.25, 0.3) is 10.9 Å². The molecule has 1 aromatic carbocycles. The molecule has 1 unspecified atom stereocenters. The highest BCUT2D eigenvalue weighted by Crippen LogP contribution is 2.31. The highest BCUT2D eigenvalue weighted by atomic mass is 35.5. The van der Waals surface area contributed by atoms with Crippen LogP contribution in [0.3, 0.4) is 0 Å². The Labute approximate surface area is 179 Å². The maximum absolute atomic E-state index is 6.46. The van der Waals surface area contributed by atoms with E-state index in [1.54, 1.807) is 11.8 Å². The van der Waals surface area contributed by atoms with Crippen LogP contribution in [-0.2, 0) is 17.0 Å². The molecule has 0 radical (unpaired) electrons. The average molecular weight is 430 g/mol. The monoisotopic (exact) mass is 429 g/mol. The van der Waals surface area contributed by atoms with Crippen molar-refractivity contribution in [1.82, 2.24) is 19.7 Å². The van der Waals surface area contributed by atoms with Gasteiger partial charge in [0.05, 0.1) is 18.2 Å². The fourth-order valence-corrected chi connectivity index (χ4v) is 5.28. The molecule has 2 aliphatic heterocycles. The zero-order chi connectivity index (χ0) is 19.6. The van der Waals surface area contributed by atoms with E-state index < -0.39 is 0 Å². The summed E-state index contributed by atoms with van der Waals surface area (Å²) in [6.07, 6.45) is 4.91. The molecular weight excluding hydrogens is 406 g/mol. The summed E-state index contributed by atoms with van der Waals surface area (Å²) >= 11 is 8.13. The molecule has 3 aromatic rings. The van der Waals surface area contributed by atoms with Gasteiger partial charge in [0, 0.05) is 36.4 Å². The number of pyridine rings is 1. The van der Waals surface area contributed by atoms with Crippen LogP contribution in [0.5, 0.6) is 0 Å². The maximum atomic E-state index is 6.46. The van der Waals surface area contributed by atoms with Crippen LogP contribution in [0.15, 0.2) is 35.5 Å². The highest BCUT2D eigenvalue weighted by molar-refractivity contribution is 7.98. The van der Waals surface area contributed by atoms with Gasteiger partial charge in [-0.1, -0.05) is 41.6 Å². The van der Waals surface area contributed by atoms with Crippen LogP contribution in [-0.4, -0.2) is 45.5 Å². The molecule has 1 atom stereocenters. The zero-order valence-corrected chi connectivity index (χ0v) is 17.8. The lowest BCUT2D eigenvalue weighted by molar-refractivity contribution is 0.0952. The minimum atomic E-state index is 0.248. The molecule has 29 heavy (non-hydrogen) atoms. The first kappa shape index (κ1) is 19.2. The van der Waals surface area contributed by atoms with Gasteiger partial charge in [0.25, 0.3) is 0 Å². The third-order valence-corrected chi connectivity index (χ3v) is 6.95. The Hall–Kier alpha value is -1.83. The second-order valence-corrected chi connectivity index (χ2v) is 8.94. The van der Waals surface area contributed by atoms with Gasteiger partial charge in [-0.15, -0.1) is 10.2 Å². The van der Waals surface area contributed by atoms with Crippen molar-refractivity contribution >= 4 is 40.2 Å². The molecule has 152 valence electrons. The lowest BCUT2D eigenvalue weighted by Gasteiger charge is -2.20. The number of benzene rings is 1. The molecule has 0 N–H and O–H groups in total. The average Bonchev–Trinajstić information content (AvgIpc) is 3.49. The van der Waals surface area contributed by atoms with Crippen molar-refractivity contribution in [1.29, 1.82) is 0 Å². The standard InChI is InChI=1S/C21H24ClN5OS/c22-19-16(12-15-6-1-2-8-18(15)23-19)14-29-21-25-24-20(26-9-3-4-10-26)27(21)13-17-7-5-11-28-17/h1-2,6,8,12,17H,3-5,7,9-11,13-14H2. The summed E-state index contributed by atoms with van der Waals surface area (Å²) < 4.78 is 8.14. The van der Waals surface area contributed by atoms with Crippen molar-refractivity contribution in [3.63, 3.8) is 0 Å². The molecule has 0 bridgehead atoms. The first-order chi connectivity index (χ1) is 14.3. The van der Waals surface area contributed by atoms with Crippen molar-refractivity contribution in [2.75, 3.05) is 24.6 Å². The van der Waals surface area contributed by atoms with E-state index in [1.807, 2.05) is 18.2 Å². The van der Waals surface area contributed by atoms with E-state index >= 15 is 0 Å². The molecule has 6 nitrogen and oxygen atoms in total. The Morgan fingerprint density at radius 2 is 2.00 bits per heavy atom. The molecule has 2 fully saturated rings. The molecule has 2 aromatic heterocycles. The summed E-state index contributed by atoms with van der Waals surface area (Å²) in [4.78, 5) is 6.89. The van der Waals surface area contributed by atoms with Gasteiger partial charge in [0.2, 0.25) is 5.95 Å². The molecule has 0 saturated carbocycles. The Morgan fingerprint density at radius 1 is 1.14 bits per heavy atom. The van der Waals surface area contributed by atoms with Gasteiger partial charge in [-0.2, -0.15) is 0 Å². The number of hydrogen-bond donors (Lipinski definition) is 0. The van der Waals surface area contributed by atoms with Crippen LogP contribution >= 0.6 is 23.4 Å². The van der Waals surface area contributed by atoms with Crippen LogP contribution in [0.4, 0.5) is 5.95 Å². The number of anilines is 1. The molecule has 0 aliphatic carbocycles. The Bertz CT molecular complexity index is 998. The van der Waals surface area contributed by atoms with E-state index in [9.17, 15) is 0 Å². The largest absolute Gasteiger partial charge is 0.376 e. The topological polar surface area (TPSA) is 56.1 Å². The molecule has 4 heterocycles. The number of thioether (sulfide) groups is 1. The number of fused-ring (bicyclic) bond motifs is 1. The predicted molar refractivity (Wildman–Crippen MR) is 117 cm³/mol. The van der Waals surface area contributed by atoms with Crippen LogP contribution in [0.2, 0.25) is 5.15 Å². The van der Waals surface area contributed by atoms with Gasteiger partial charge in [-0.25, -0.2) is 4.98 Å². The summed E-state index contributed by atoms with van der Waals surface area (Å²) in [6.45, 7) is 3.76. The Balaban J connectivity index is 1.39. The number of nitrogens with zero attached hydrogens (tertiary/aromatic N) is 5. The van der Waals surface area contributed by atoms with E-state index in [4.69, 9.17) is 16.3 Å². The maximum Gasteiger partial charge on any atom is 0.228 e. The molecule has 5 rings (SSSR count). The van der Waals surface area contributed by atoms with Crippen molar-refractivity contribution in [3.8, 4) is 0 Å². The SMILES string of the molecule is Clc1nc2ccccc2cc1CSc1nnc(N2CCCC2)n1CC1CCCO1. The molecule has 0 spiro atoms. The summed E-state index contributed by atoms with van der Waals surface area (Å²) in [6, 6.07) is 10.2. The van der Waals surface area contributed by atoms with Gasteiger partial charge in [0.1, 0.15) is 5.15 Å². The molecular formula is C21H24ClN5OS. The first-order valence-corrected chi connectivity index (χ1v) is 11.6. The quantitative estimate of drug-likeness (QED) is 0.423. The lowest BCUT2D eigenvalue weighted by atomic mass is 10.2. The third-order valence-electron chi connectivity index (χ3n) is 5.60. The predicted octanol–water partition coefficient (Wildman–Crippen LogP) is 4.55. The zero-order valence-electron chi connectivity index (χ0n) is 16.3. The molecule has 0 amide bonds. The summed E-state index contributed by atoms with van der Waals surface area (Å²) in [5.74, 6) is 1.68. The van der Waals surface area contributed by atoms with Crippen molar-refractivity contribution in [2.24, 2.45) is 0 Å². The second kappa shape index (κ2) is 8.50. The van der Waals surface area contributed by atoms with Gasteiger partial charge in [0.15, 0.2) is 5.16 Å². The fraction of sp³-hybridized carbons (Fsp3) is 0.476. The van der Waals surface area contributed by atoms with Crippen molar-refractivity contribution in [2.45, 2.75) is 49.2 Å². The number of hydrogen-bond acceptors (Lipinski definition) is 6. The van der Waals surface area contributed by atoms with E-state index in [0.29, 0.717) is 10.9 Å². The highest BCUT2D eigenvalue weighted by Gasteiger charge is 2.25. The van der Waals surface area contributed by atoms with E-state index in [1.165, 1.54) is 12.8 Å². The second-order valence-electron chi connectivity index (χ2n) is 7.64. The Kier molecular flexibility index (Phi) is 5.61. The van der Waals surface area contributed by atoms with Gasteiger partial charge >= 0.3 is 0 Å². The lowest BCUT2D eigenvalue weighted by Crippen LogP contribution is -2.25. The normalized spacial score (nSPS) is 19.5. The van der Waals surface area contributed by atoms with Crippen molar-refractivity contribution < 1.29 is 4.74 Å². The number of aromatic nitrogens is 4. The number of halogens is 1. The summed E-state index contributed by atoms with van der Waals surface area (Å²) in [7, 11) is 0. The summed E-state index contributed by atoms with van der Waals surface area (Å²) in [5.41, 5.74) is 1.94. The van der Waals surface area contributed by atoms with Gasteiger partial charge < -0.3 is 9.64 Å². The number of ether oxygens (including phenoxy) is 1. The smallest absolute Gasteiger partial charge is 0.228 e. The van der Waals surface area contributed by atoms with E-state index in [2.05, 4.69) is 36.8 Å². The van der Waals surface area contributed by atoms with Crippen LogP contribution in [0.1, 0.15) is 31.2 Å².